The van der Waals surface area contributed by atoms with Gasteiger partial charge in [-0.3, -0.25) is 9.59 Å². The fraction of sp³-hybridized carbons (Fsp3) is 0.593. The summed E-state index contributed by atoms with van der Waals surface area (Å²) in [4.78, 5) is 34.1. The maximum absolute atomic E-state index is 11.5. The molecular weight excluding hydrogens is 420 g/mol. The Balaban J connectivity index is 1.87. The van der Waals surface area contributed by atoms with Crippen molar-refractivity contribution in [2.45, 2.75) is 91.5 Å². The van der Waals surface area contributed by atoms with Gasteiger partial charge >= 0.3 is 11.9 Å². The number of carbonyl (C=O) groups excluding carboxylic acids is 3. The zero-order valence-electron chi connectivity index (χ0n) is 20.4. The fourth-order valence-corrected chi connectivity index (χ4v) is 4.99. The standard InChI is InChI=1S/C27H38O6/c1-18(2)27(14-7-9-20(27)4)15-13-19(3)8-6-10-22(17-28)11-12-24(30)23-16-25(31)33-26(23)32-21(5)29/h8,11,16-17,20,24,26,30H,1,6-7,9-10,12-15H2,2-5H3/b19-8+,22-11+/t20-,24?,26?,27+/m1/s1. The number of esters is 2. The molecule has 6 nitrogen and oxygen atoms in total. The van der Waals surface area contributed by atoms with Gasteiger partial charge in [0.15, 0.2) is 0 Å². The Kier molecular flexibility index (Phi) is 9.84. The highest BCUT2D eigenvalue weighted by atomic mass is 16.7. The molecule has 1 aliphatic heterocycles. The molecule has 0 amide bonds. The van der Waals surface area contributed by atoms with Gasteiger partial charge in [-0.15, -0.1) is 0 Å². The van der Waals surface area contributed by atoms with Gasteiger partial charge in [0.05, 0.1) is 6.10 Å². The van der Waals surface area contributed by atoms with Crippen LogP contribution in [0.2, 0.25) is 0 Å². The number of allylic oxidation sites excluding steroid dienone is 4. The van der Waals surface area contributed by atoms with Crippen LogP contribution in [0.4, 0.5) is 0 Å². The van der Waals surface area contributed by atoms with Crippen LogP contribution in [0.3, 0.4) is 0 Å². The van der Waals surface area contributed by atoms with Crippen molar-refractivity contribution in [1.29, 1.82) is 0 Å². The van der Waals surface area contributed by atoms with Gasteiger partial charge in [-0.2, -0.15) is 0 Å². The molecule has 33 heavy (non-hydrogen) atoms. The molecule has 0 bridgehead atoms. The lowest BCUT2D eigenvalue weighted by Gasteiger charge is -2.35. The van der Waals surface area contributed by atoms with E-state index in [4.69, 9.17) is 9.47 Å². The van der Waals surface area contributed by atoms with E-state index in [1.807, 2.05) is 0 Å². The SMILES string of the molecule is C=C(C)[C@@]1(CC/C(C)=C/CC/C(C=O)=C\CC(O)C2=CC(=O)OC2OC(C)=O)CCC[C@H]1C. The average molecular weight is 459 g/mol. The van der Waals surface area contributed by atoms with Crippen molar-refractivity contribution in [3.63, 3.8) is 0 Å². The Hall–Kier alpha value is -2.47. The average Bonchev–Trinajstić information content (AvgIpc) is 3.30. The Morgan fingerprint density at radius 3 is 2.64 bits per heavy atom. The number of carbonyl (C=O) groups is 3. The van der Waals surface area contributed by atoms with Gasteiger partial charge < -0.3 is 14.6 Å². The molecule has 0 aromatic rings. The molecule has 0 aromatic heterocycles. The lowest BCUT2D eigenvalue weighted by Crippen LogP contribution is -2.25. The minimum Gasteiger partial charge on any atom is -0.421 e. The van der Waals surface area contributed by atoms with Crippen molar-refractivity contribution < 1.29 is 29.0 Å². The molecule has 0 radical (unpaired) electrons. The molecule has 1 N–H and O–H groups in total. The molecule has 4 atom stereocenters. The number of aliphatic hydroxyl groups is 1. The zero-order chi connectivity index (χ0) is 24.6. The van der Waals surface area contributed by atoms with Crippen LogP contribution in [0.15, 0.2) is 47.1 Å². The molecule has 1 fully saturated rings. The van der Waals surface area contributed by atoms with Crippen LogP contribution in [-0.4, -0.2) is 35.7 Å². The smallest absolute Gasteiger partial charge is 0.334 e. The number of ether oxygens (including phenoxy) is 2. The van der Waals surface area contributed by atoms with Crippen molar-refractivity contribution in [1.82, 2.24) is 0 Å². The van der Waals surface area contributed by atoms with Gasteiger partial charge in [-0.1, -0.05) is 43.2 Å². The first-order chi connectivity index (χ1) is 15.6. The number of cyclic esters (lactones) is 1. The summed E-state index contributed by atoms with van der Waals surface area (Å²) in [6, 6.07) is 0. The van der Waals surface area contributed by atoms with Crippen LogP contribution in [0.5, 0.6) is 0 Å². The van der Waals surface area contributed by atoms with Crippen molar-refractivity contribution in [2.24, 2.45) is 11.3 Å². The molecule has 0 saturated heterocycles. The largest absolute Gasteiger partial charge is 0.421 e. The van der Waals surface area contributed by atoms with Crippen LogP contribution < -0.4 is 0 Å². The van der Waals surface area contributed by atoms with Gasteiger partial charge in [-0.25, -0.2) is 4.79 Å². The van der Waals surface area contributed by atoms with E-state index in [-0.39, 0.29) is 17.4 Å². The fourth-order valence-electron chi connectivity index (χ4n) is 4.99. The van der Waals surface area contributed by atoms with Crippen LogP contribution >= 0.6 is 0 Å². The molecule has 2 aliphatic rings. The Bertz CT molecular complexity index is 849. The van der Waals surface area contributed by atoms with Crippen molar-refractivity contribution in [3.05, 3.63) is 47.1 Å². The van der Waals surface area contributed by atoms with E-state index >= 15 is 0 Å². The summed E-state index contributed by atoms with van der Waals surface area (Å²) in [5.74, 6) is -0.610. The Labute approximate surface area is 197 Å². The minimum atomic E-state index is -1.21. The van der Waals surface area contributed by atoms with Gasteiger partial charge in [0, 0.05) is 18.6 Å². The quantitative estimate of drug-likeness (QED) is 0.189. The molecule has 2 unspecified atom stereocenters. The number of aldehydes is 1. The van der Waals surface area contributed by atoms with E-state index in [0.717, 1.165) is 31.6 Å². The Morgan fingerprint density at radius 1 is 1.33 bits per heavy atom. The summed E-state index contributed by atoms with van der Waals surface area (Å²) < 4.78 is 9.79. The summed E-state index contributed by atoms with van der Waals surface area (Å²) >= 11 is 0. The van der Waals surface area contributed by atoms with Gasteiger partial charge in [-0.05, 0) is 75.7 Å². The molecule has 1 saturated carbocycles. The molecule has 182 valence electrons. The van der Waals surface area contributed by atoms with E-state index in [9.17, 15) is 19.5 Å². The molecular formula is C27H38O6. The third-order valence-corrected chi connectivity index (χ3v) is 7.14. The second-order valence-electron chi connectivity index (χ2n) is 9.49. The first-order valence-electron chi connectivity index (χ1n) is 11.8. The topological polar surface area (TPSA) is 89.9 Å². The molecule has 1 aliphatic carbocycles. The third kappa shape index (κ3) is 7.26. The van der Waals surface area contributed by atoms with Gasteiger partial charge in [0.25, 0.3) is 6.29 Å². The van der Waals surface area contributed by atoms with E-state index < -0.39 is 24.3 Å². The van der Waals surface area contributed by atoms with Gasteiger partial charge in [0.2, 0.25) is 0 Å². The lowest BCUT2D eigenvalue weighted by molar-refractivity contribution is -0.173. The lowest BCUT2D eigenvalue weighted by atomic mass is 9.70. The van der Waals surface area contributed by atoms with Crippen molar-refractivity contribution in [2.75, 3.05) is 0 Å². The highest BCUT2D eigenvalue weighted by Gasteiger charge is 2.40. The summed E-state index contributed by atoms with van der Waals surface area (Å²) in [7, 11) is 0. The van der Waals surface area contributed by atoms with E-state index in [2.05, 4.69) is 33.4 Å². The maximum atomic E-state index is 11.5. The molecule has 0 spiro atoms. The first kappa shape index (κ1) is 26.8. The number of rotatable bonds is 12. The predicted molar refractivity (Wildman–Crippen MR) is 127 cm³/mol. The highest BCUT2D eigenvalue weighted by Crippen LogP contribution is 2.51. The number of hydrogen-bond acceptors (Lipinski definition) is 6. The maximum Gasteiger partial charge on any atom is 0.334 e. The van der Waals surface area contributed by atoms with E-state index in [1.165, 1.54) is 37.3 Å². The normalized spacial score (nSPS) is 26.6. The van der Waals surface area contributed by atoms with Crippen LogP contribution in [0, 0.1) is 11.3 Å². The van der Waals surface area contributed by atoms with E-state index in [0.29, 0.717) is 17.9 Å². The number of aliphatic hydroxyl groups excluding tert-OH is 1. The number of hydrogen-bond donors (Lipinski definition) is 1. The Morgan fingerprint density at radius 2 is 2.06 bits per heavy atom. The van der Waals surface area contributed by atoms with Crippen LogP contribution in [0.25, 0.3) is 0 Å². The molecule has 0 aromatic carbocycles. The van der Waals surface area contributed by atoms with Crippen molar-refractivity contribution >= 4 is 18.2 Å². The summed E-state index contributed by atoms with van der Waals surface area (Å²) in [5, 5.41) is 10.4. The summed E-state index contributed by atoms with van der Waals surface area (Å²) in [6.07, 6.45) is 10.8. The highest BCUT2D eigenvalue weighted by molar-refractivity contribution is 5.86. The first-order valence-corrected chi connectivity index (χ1v) is 11.8. The van der Waals surface area contributed by atoms with Crippen molar-refractivity contribution in [3.8, 4) is 0 Å². The summed E-state index contributed by atoms with van der Waals surface area (Å²) in [6.45, 7) is 12.1. The van der Waals surface area contributed by atoms with Crippen LogP contribution in [0.1, 0.15) is 79.1 Å². The monoisotopic (exact) mass is 458 g/mol. The van der Waals surface area contributed by atoms with E-state index in [1.54, 1.807) is 6.08 Å². The third-order valence-electron chi connectivity index (χ3n) is 7.14. The zero-order valence-corrected chi connectivity index (χ0v) is 20.4. The summed E-state index contributed by atoms with van der Waals surface area (Å²) in [5.41, 5.74) is 3.63. The van der Waals surface area contributed by atoms with Gasteiger partial charge in [0.1, 0.15) is 6.29 Å². The minimum absolute atomic E-state index is 0.121. The molecule has 2 rings (SSSR count). The molecule has 6 heteroatoms. The molecule has 1 heterocycles. The van der Waals surface area contributed by atoms with Crippen LogP contribution in [-0.2, 0) is 23.9 Å². The second-order valence-corrected chi connectivity index (χ2v) is 9.49. The predicted octanol–water partition coefficient (Wildman–Crippen LogP) is 5.12. The second kappa shape index (κ2) is 12.1.